The van der Waals surface area contributed by atoms with Crippen LogP contribution in [0.5, 0.6) is 0 Å². The second kappa shape index (κ2) is 6.19. The van der Waals surface area contributed by atoms with Gasteiger partial charge in [0.2, 0.25) is 0 Å². The number of hydrogen-bond donors (Lipinski definition) is 2. The summed E-state index contributed by atoms with van der Waals surface area (Å²) in [7, 11) is 0. The maximum absolute atomic E-state index is 11.9. The molecule has 2 N–H and O–H groups in total. The Hall–Kier alpha value is -2.34. The van der Waals surface area contributed by atoms with Gasteiger partial charge in [0.1, 0.15) is 5.76 Å². The van der Waals surface area contributed by atoms with Gasteiger partial charge >= 0.3 is 6.03 Å². The van der Waals surface area contributed by atoms with E-state index in [0.717, 1.165) is 26.7 Å². The number of fused-ring (bicyclic) bond motifs is 1. The predicted octanol–water partition coefficient (Wildman–Crippen LogP) is 4.33. The summed E-state index contributed by atoms with van der Waals surface area (Å²) in [6.45, 7) is 4.61. The van der Waals surface area contributed by atoms with Gasteiger partial charge < -0.3 is 15.1 Å². The van der Waals surface area contributed by atoms with Crippen LogP contribution in [0, 0.1) is 0 Å². The molecule has 2 amide bonds. The van der Waals surface area contributed by atoms with Crippen LogP contribution in [0.2, 0.25) is 0 Å². The molecule has 0 aliphatic rings. The number of urea groups is 1. The lowest BCUT2D eigenvalue weighted by atomic mass is 10.2. The van der Waals surface area contributed by atoms with E-state index in [1.807, 2.05) is 24.3 Å². The number of hydrogen-bond acceptors (Lipinski definition) is 4. The smallest absolute Gasteiger partial charge is 0.319 e. The minimum Gasteiger partial charge on any atom is -0.467 e. The van der Waals surface area contributed by atoms with Crippen molar-refractivity contribution >= 4 is 33.3 Å². The third-order valence-corrected chi connectivity index (χ3v) is 4.48. The number of thiazole rings is 1. The number of nitrogens with one attached hydrogen (secondary N) is 2. The maximum Gasteiger partial charge on any atom is 0.319 e. The van der Waals surface area contributed by atoms with E-state index >= 15 is 0 Å². The van der Waals surface area contributed by atoms with Crippen molar-refractivity contribution in [1.29, 1.82) is 0 Å². The topological polar surface area (TPSA) is 67.2 Å². The van der Waals surface area contributed by atoms with Crippen molar-refractivity contribution in [2.45, 2.75) is 26.3 Å². The fraction of sp³-hybridized carbons (Fsp3) is 0.250. The Balaban J connectivity index is 1.66. The molecule has 1 aromatic carbocycles. The lowest BCUT2D eigenvalue weighted by Gasteiger charge is -2.06. The molecule has 0 saturated heterocycles. The number of amides is 2. The first kappa shape index (κ1) is 14.6. The quantitative estimate of drug-likeness (QED) is 0.753. The van der Waals surface area contributed by atoms with E-state index in [1.165, 1.54) is 0 Å². The van der Waals surface area contributed by atoms with Crippen LogP contribution in [0.15, 0.2) is 41.0 Å². The Morgan fingerprint density at radius 2 is 2.23 bits per heavy atom. The first-order valence-corrected chi connectivity index (χ1v) is 7.91. The summed E-state index contributed by atoms with van der Waals surface area (Å²) in [6.07, 6.45) is 1.58. The number of nitrogens with zero attached hydrogens (tertiary/aromatic N) is 1. The van der Waals surface area contributed by atoms with Gasteiger partial charge in [-0.25, -0.2) is 9.78 Å². The molecule has 0 aliphatic heterocycles. The average Bonchev–Trinajstić information content (AvgIpc) is 3.14. The molecule has 0 radical (unpaired) electrons. The molecule has 114 valence electrons. The van der Waals surface area contributed by atoms with Crippen LogP contribution in [0.1, 0.15) is 30.5 Å². The van der Waals surface area contributed by atoms with Crippen LogP contribution in [0.4, 0.5) is 10.5 Å². The van der Waals surface area contributed by atoms with Crippen LogP contribution >= 0.6 is 11.3 Å². The van der Waals surface area contributed by atoms with Gasteiger partial charge in [-0.3, -0.25) is 0 Å². The highest BCUT2D eigenvalue weighted by Gasteiger charge is 2.09. The summed E-state index contributed by atoms with van der Waals surface area (Å²) in [4.78, 5) is 16.5. The van der Waals surface area contributed by atoms with Gasteiger partial charge in [-0.15, -0.1) is 11.3 Å². The minimum absolute atomic E-state index is 0.260. The van der Waals surface area contributed by atoms with E-state index in [4.69, 9.17) is 4.42 Å². The Labute approximate surface area is 132 Å². The monoisotopic (exact) mass is 315 g/mol. The molecule has 0 fully saturated rings. The van der Waals surface area contributed by atoms with Crippen molar-refractivity contribution in [1.82, 2.24) is 10.3 Å². The fourth-order valence-corrected chi connectivity index (χ4v) is 3.03. The first-order valence-electron chi connectivity index (χ1n) is 7.09. The van der Waals surface area contributed by atoms with E-state index in [9.17, 15) is 4.79 Å². The highest BCUT2D eigenvalue weighted by molar-refractivity contribution is 7.18. The number of carbonyl (C=O) groups excluding carboxylic acids is 1. The average molecular weight is 315 g/mol. The highest BCUT2D eigenvalue weighted by Crippen LogP contribution is 2.29. The van der Waals surface area contributed by atoms with Gasteiger partial charge in [0.15, 0.2) is 0 Å². The lowest BCUT2D eigenvalue weighted by Crippen LogP contribution is -2.27. The summed E-state index contributed by atoms with van der Waals surface area (Å²) >= 11 is 1.66. The molecule has 5 nitrogen and oxygen atoms in total. The summed E-state index contributed by atoms with van der Waals surface area (Å²) in [6, 6.07) is 9.09. The summed E-state index contributed by atoms with van der Waals surface area (Å²) < 4.78 is 6.24. The molecule has 0 spiro atoms. The predicted molar refractivity (Wildman–Crippen MR) is 88.3 cm³/mol. The second-order valence-corrected chi connectivity index (χ2v) is 6.34. The molecule has 6 heteroatoms. The van der Waals surface area contributed by atoms with E-state index < -0.39 is 0 Å². The van der Waals surface area contributed by atoms with E-state index in [0.29, 0.717) is 12.5 Å². The molecule has 0 unspecified atom stereocenters. The lowest BCUT2D eigenvalue weighted by molar-refractivity contribution is 0.251. The van der Waals surface area contributed by atoms with Gasteiger partial charge in [0, 0.05) is 11.6 Å². The van der Waals surface area contributed by atoms with Gasteiger partial charge in [0.05, 0.1) is 28.0 Å². The zero-order valence-electron chi connectivity index (χ0n) is 12.4. The van der Waals surface area contributed by atoms with Crippen LogP contribution in [-0.4, -0.2) is 11.0 Å². The summed E-state index contributed by atoms with van der Waals surface area (Å²) in [5.41, 5.74) is 1.72. The third-order valence-electron chi connectivity index (χ3n) is 3.16. The molecule has 2 heterocycles. The SMILES string of the molecule is CC(C)c1nc2ccc(NC(=O)NCc3ccco3)cc2s1. The Bertz CT molecular complexity index is 778. The molecule has 0 atom stereocenters. The van der Waals surface area contributed by atoms with Crippen molar-refractivity contribution < 1.29 is 9.21 Å². The second-order valence-electron chi connectivity index (χ2n) is 5.28. The van der Waals surface area contributed by atoms with Crippen molar-refractivity contribution in [3.05, 3.63) is 47.4 Å². The van der Waals surface area contributed by atoms with Crippen molar-refractivity contribution in [2.75, 3.05) is 5.32 Å². The summed E-state index contributed by atoms with van der Waals surface area (Å²) in [5.74, 6) is 1.13. The molecule has 0 bridgehead atoms. The van der Waals surface area contributed by atoms with Crippen LogP contribution in [0.3, 0.4) is 0 Å². The number of anilines is 1. The molecule has 0 saturated carbocycles. The molecule has 22 heavy (non-hydrogen) atoms. The molecular weight excluding hydrogens is 298 g/mol. The van der Waals surface area contributed by atoms with Gasteiger partial charge in [-0.1, -0.05) is 13.8 Å². The number of benzene rings is 1. The van der Waals surface area contributed by atoms with Crippen molar-refractivity contribution in [2.24, 2.45) is 0 Å². The first-order chi connectivity index (χ1) is 10.6. The molecular formula is C16H17N3O2S. The standard InChI is InChI=1S/C16H17N3O2S/c1-10(2)15-19-13-6-5-11(8-14(13)22-15)18-16(20)17-9-12-4-3-7-21-12/h3-8,10H,9H2,1-2H3,(H2,17,18,20). The maximum atomic E-state index is 11.9. The Morgan fingerprint density at radius 3 is 2.95 bits per heavy atom. The van der Waals surface area contributed by atoms with Gasteiger partial charge in [-0.05, 0) is 30.3 Å². The van der Waals surface area contributed by atoms with E-state index in [2.05, 4.69) is 29.5 Å². The van der Waals surface area contributed by atoms with Gasteiger partial charge in [-0.2, -0.15) is 0 Å². The number of aromatic nitrogens is 1. The Kier molecular flexibility index (Phi) is 4.11. The third kappa shape index (κ3) is 3.28. The fourth-order valence-electron chi connectivity index (χ4n) is 2.02. The Morgan fingerprint density at radius 1 is 1.36 bits per heavy atom. The molecule has 0 aliphatic carbocycles. The molecule has 2 aromatic heterocycles. The number of furan rings is 1. The van der Waals surface area contributed by atoms with Crippen LogP contribution < -0.4 is 10.6 Å². The van der Waals surface area contributed by atoms with Crippen molar-refractivity contribution in [3.8, 4) is 0 Å². The normalized spacial score (nSPS) is 11.0. The zero-order chi connectivity index (χ0) is 15.5. The molecule has 3 rings (SSSR count). The van der Waals surface area contributed by atoms with Gasteiger partial charge in [0.25, 0.3) is 0 Å². The zero-order valence-corrected chi connectivity index (χ0v) is 13.2. The minimum atomic E-state index is -0.260. The van der Waals surface area contributed by atoms with E-state index in [1.54, 1.807) is 23.7 Å². The highest BCUT2D eigenvalue weighted by atomic mass is 32.1. The van der Waals surface area contributed by atoms with Crippen molar-refractivity contribution in [3.63, 3.8) is 0 Å². The molecule has 3 aromatic rings. The largest absolute Gasteiger partial charge is 0.467 e. The van der Waals surface area contributed by atoms with Crippen LogP contribution in [0.25, 0.3) is 10.2 Å². The number of rotatable bonds is 4. The van der Waals surface area contributed by atoms with Crippen LogP contribution in [-0.2, 0) is 6.54 Å². The van der Waals surface area contributed by atoms with E-state index in [-0.39, 0.29) is 6.03 Å². The number of carbonyl (C=O) groups is 1. The summed E-state index contributed by atoms with van der Waals surface area (Å²) in [5, 5.41) is 6.68.